The maximum atomic E-state index is 13.0. The SMILES string of the molecule is CC(C)(C)c1ccc(C2(C)NC(=O)N(CC(=O)NC3CCCCC3)C2=O)cc1. The number of nitrogens with zero attached hydrogens (tertiary/aromatic N) is 1. The molecule has 1 heterocycles. The van der Waals surface area contributed by atoms with Crippen LogP contribution in [-0.2, 0) is 20.5 Å². The van der Waals surface area contributed by atoms with E-state index in [0.29, 0.717) is 5.56 Å². The Hall–Kier alpha value is -2.37. The van der Waals surface area contributed by atoms with Gasteiger partial charge in [0.15, 0.2) is 0 Å². The first kappa shape index (κ1) is 20.4. The summed E-state index contributed by atoms with van der Waals surface area (Å²) >= 11 is 0. The van der Waals surface area contributed by atoms with E-state index >= 15 is 0 Å². The third kappa shape index (κ3) is 4.05. The van der Waals surface area contributed by atoms with Crippen LogP contribution in [0.1, 0.15) is 70.9 Å². The number of benzene rings is 1. The predicted octanol–water partition coefficient (Wildman–Crippen LogP) is 3.20. The Balaban J connectivity index is 1.70. The summed E-state index contributed by atoms with van der Waals surface area (Å²) in [7, 11) is 0. The van der Waals surface area contributed by atoms with Crippen LogP contribution in [0.4, 0.5) is 4.79 Å². The second kappa shape index (κ2) is 7.57. The van der Waals surface area contributed by atoms with Crippen molar-refractivity contribution in [2.24, 2.45) is 0 Å². The number of rotatable bonds is 4. The zero-order chi connectivity index (χ0) is 20.5. The van der Waals surface area contributed by atoms with Crippen molar-refractivity contribution in [1.29, 1.82) is 0 Å². The summed E-state index contributed by atoms with van der Waals surface area (Å²) in [6, 6.07) is 7.36. The van der Waals surface area contributed by atoms with Crippen molar-refractivity contribution < 1.29 is 14.4 Å². The van der Waals surface area contributed by atoms with Gasteiger partial charge in [0.25, 0.3) is 5.91 Å². The van der Waals surface area contributed by atoms with E-state index < -0.39 is 11.6 Å². The lowest BCUT2D eigenvalue weighted by atomic mass is 9.84. The minimum atomic E-state index is -1.15. The van der Waals surface area contributed by atoms with Crippen LogP contribution in [0.2, 0.25) is 0 Å². The second-order valence-electron chi connectivity index (χ2n) is 9.18. The number of nitrogens with one attached hydrogen (secondary N) is 2. The maximum absolute atomic E-state index is 13.0. The van der Waals surface area contributed by atoms with E-state index in [-0.39, 0.29) is 29.8 Å². The molecule has 6 heteroatoms. The van der Waals surface area contributed by atoms with Gasteiger partial charge in [-0.25, -0.2) is 4.79 Å². The Morgan fingerprint density at radius 2 is 1.75 bits per heavy atom. The number of hydrogen-bond acceptors (Lipinski definition) is 3. The Labute approximate surface area is 167 Å². The summed E-state index contributed by atoms with van der Waals surface area (Å²) in [5.41, 5.74) is 0.721. The second-order valence-corrected chi connectivity index (χ2v) is 9.18. The highest BCUT2D eigenvalue weighted by molar-refractivity contribution is 6.09. The molecule has 1 saturated heterocycles. The van der Waals surface area contributed by atoms with E-state index in [1.54, 1.807) is 6.92 Å². The summed E-state index contributed by atoms with van der Waals surface area (Å²) < 4.78 is 0. The van der Waals surface area contributed by atoms with Crippen LogP contribution in [0.3, 0.4) is 0 Å². The Bertz CT molecular complexity index is 760. The lowest BCUT2D eigenvalue weighted by molar-refractivity contribution is -0.135. The predicted molar refractivity (Wildman–Crippen MR) is 108 cm³/mol. The van der Waals surface area contributed by atoms with E-state index in [1.165, 1.54) is 6.42 Å². The molecule has 2 aliphatic rings. The molecule has 1 unspecified atom stereocenters. The van der Waals surface area contributed by atoms with Gasteiger partial charge in [-0.2, -0.15) is 0 Å². The third-order valence-corrected chi connectivity index (χ3v) is 5.88. The monoisotopic (exact) mass is 385 g/mol. The van der Waals surface area contributed by atoms with Gasteiger partial charge < -0.3 is 10.6 Å². The zero-order valence-corrected chi connectivity index (χ0v) is 17.3. The molecule has 0 radical (unpaired) electrons. The number of amides is 4. The minimum Gasteiger partial charge on any atom is -0.352 e. The Morgan fingerprint density at radius 3 is 2.32 bits per heavy atom. The van der Waals surface area contributed by atoms with Crippen molar-refractivity contribution in [1.82, 2.24) is 15.5 Å². The fraction of sp³-hybridized carbons (Fsp3) is 0.591. The molecule has 3 rings (SSSR count). The van der Waals surface area contributed by atoms with E-state index in [9.17, 15) is 14.4 Å². The first-order chi connectivity index (χ1) is 13.1. The van der Waals surface area contributed by atoms with Crippen molar-refractivity contribution >= 4 is 17.8 Å². The summed E-state index contributed by atoms with van der Waals surface area (Å²) in [6.45, 7) is 7.83. The molecule has 1 atom stereocenters. The zero-order valence-electron chi connectivity index (χ0n) is 17.3. The standard InChI is InChI=1S/C22H31N3O3/c1-21(2,3)15-10-12-16(13-11-15)22(4)19(27)25(20(28)24-22)14-18(26)23-17-8-6-5-7-9-17/h10-13,17H,5-9,14H2,1-4H3,(H,23,26)(H,24,28). The van der Waals surface area contributed by atoms with Gasteiger partial charge in [-0.05, 0) is 36.3 Å². The normalized spacial score (nSPS) is 23.6. The highest BCUT2D eigenvalue weighted by Crippen LogP contribution is 2.31. The molecule has 0 aromatic heterocycles. The van der Waals surface area contributed by atoms with Gasteiger partial charge in [0, 0.05) is 6.04 Å². The van der Waals surface area contributed by atoms with Gasteiger partial charge in [-0.15, -0.1) is 0 Å². The van der Waals surface area contributed by atoms with E-state index in [2.05, 4.69) is 31.4 Å². The van der Waals surface area contributed by atoms with Crippen LogP contribution < -0.4 is 10.6 Å². The lowest BCUT2D eigenvalue weighted by Crippen LogP contribution is -2.45. The van der Waals surface area contributed by atoms with Crippen LogP contribution in [0.15, 0.2) is 24.3 Å². The first-order valence-corrected chi connectivity index (χ1v) is 10.2. The number of imide groups is 1. The average molecular weight is 386 g/mol. The summed E-state index contributed by atoms with van der Waals surface area (Å²) in [5.74, 6) is -0.664. The van der Waals surface area contributed by atoms with Crippen molar-refractivity contribution in [3.63, 3.8) is 0 Å². The smallest absolute Gasteiger partial charge is 0.325 e. The molecule has 1 saturated carbocycles. The molecule has 0 spiro atoms. The van der Waals surface area contributed by atoms with Gasteiger partial charge in [0.05, 0.1) is 0 Å². The highest BCUT2D eigenvalue weighted by Gasteiger charge is 2.49. The number of carbonyl (C=O) groups is 3. The molecule has 2 fully saturated rings. The first-order valence-electron chi connectivity index (χ1n) is 10.2. The fourth-order valence-electron chi connectivity index (χ4n) is 4.00. The lowest BCUT2D eigenvalue weighted by Gasteiger charge is -2.25. The number of urea groups is 1. The molecule has 1 aliphatic heterocycles. The van der Waals surface area contributed by atoms with Gasteiger partial charge in [0.1, 0.15) is 12.1 Å². The molecular formula is C22H31N3O3. The van der Waals surface area contributed by atoms with Crippen LogP contribution in [0, 0.1) is 0 Å². The molecule has 1 aromatic rings. The number of hydrogen-bond donors (Lipinski definition) is 2. The van der Waals surface area contributed by atoms with Crippen LogP contribution in [-0.4, -0.2) is 35.3 Å². The molecule has 1 aliphatic carbocycles. The highest BCUT2D eigenvalue weighted by atomic mass is 16.2. The van der Waals surface area contributed by atoms with Crippen LogP contribution in [0.25, 0.3) is 0 Å². The van der Waals surface area contributed by atoms with E-state index in [1.807, 2.05) is 24.3 Å². The summed E-state index contributed by atoms with van der Waals surface area (Å²) in [6.07, 6.45) is 5.34. The largest absolute Gasteiger partial charge is 0.352 e. The minimum absolute atomic E-state index is 0.00557. The molecule has 28 heavy (non-hydrogen) atoms. The molecule has 0 bridgehead atoms. The summed E-state index contributed by atoms with van der Waals surface area (Å²) in [4.78, 5) is 38.9. The quantitative estimate of drug-likeness (QED) is 0.781. The Morgan fingerprint density at radius 1 is 1.14 bits per heavy atom. The third-order valence-electron chi connectivity index (χ3n) is 5.88. The van der Waals surface area contributed by atoms with E-state index in [0.717, 1.165) is 36.1 Å². The van der Waals surface area contributed by atoms with Gasteiger partial charge in [0.2, 0.25) is 5.91 Å². The van der Waals surface area contributed by atoms with Crippen molar-refractivity contribution in [3.05, 3.63) is 35.4 Å². The number of carbonyl (C=O) groups excluding carboxylic acids is 3. The molecule has 4 amide bonds. The fourth-order valence-corrected chi connectivity index (χ4v) is 4.00. The summed E-state index contributed by atoms with van der Waals surface area (Å²) in [5, 5.41) is 5.74. The van der Waals surface area contributed by atoms with Gasteiger partial charge >= 0.3 is 6.03 Å². The molecule has 1 aromatic carbocycles. The van der Waals surface area contributed by atoms with Crippen molar-refractivity contribution in [2.45, 2.75) is 76.8 Å². The van der Waals surface area contributed by atoms with Crippen molar-refractivity contribution in [3.8, 4) is 0 Å². The molecule has 6 nitrogen and oxygen atoms in total. The van der Waals surface area contributed by atoms with E-state index in [4.69, 9.17) is 0 Å². The molecule has 152 valence electrons. The molecule has 2 N–H and O–H groups in total. The van der Waals surface area contributed by atoms with Gasteiger partial charge in [-0.3, -0.25) is 14.5 Å². The Kier molecular flexibility index (Phi) is 5.50. The van der Waals surface area contributed by atoms with Gasteiger partial charge in [-0.1, -0.05) is 64.3 Å². The average Bonchev–Trinajstić information content (AvgIpc) is 2.86. The van der Waals surface area contributed by atoms with Crippen molar-refractivity contribution in [2.75, 3.05) is 6.54 Å². The van der Waals surface area contributed by atoms with Crippen LogP contribution >= 0.6 is 0 Å². The topological polar surface area (TPSA) is 78.5 Å². The van der Waals surface area contributed by atoms with Crippen LogP contribution in [0.5, 0.6) is 0 Å². The maximum Gasteiger partial charge on any atom is 0.325 e. The molecular weight excluding hydrogens is 354 g/mol.